The maximum Gasteiger partial charge on any atom is 0.139 e. The van der Waals surface area contributed by atoms with Crippen LogP contribution in [0.25, 0.3) is 22.6 Å². The Balaban J connectivity index is 1.24. The number of benzene rings is 1. The first kappa shape index (κ1) is 17.4. The van der Waals surface area contributed by atoms with Gasteiger partial charge in [0.15, 0.2) is 0 Å². The lowest BCUT2D eigenvalue weighted by Crippen LogP contribution is -2.47. The van der Waals surface area contributed by atoms with E-state index >= 15 is 0 Å². The minimum atomic E-state index is -0.243. The Kier molecular flexibility index (Phi) is 4.56. The van der Waals surface area contributed by atoms with E-state index in [1.807, 2.05) is 12.4 Å². The van der Waals surface area contributed by atoms with Gasteiger partial charge in [0.05, 0.1) is 5.69 Å². The second-order valence-electron chi connectivity index (χ2n) is 7.78. The van der Waals surface area contributed by atoms with Gasteiger partial charge in [0.25, 0.3) is 0 Å². The third-order valence-corrected chi connectivity index (χ3v) is 5.65. The summed E-state index contributed by atoms with van der Waals surface area (Å²) in [5.41, 5.74) is 2.63. The summed E-state index contributed by atoms with van der Waals surface area (Å²) in [5.74, 6) is 2.51. The second kappa shape index (κ2) is 7.36. The minimum Gasteiger partial charge on any atom is -0.354 e. The van der Waals surface area contributed by atoms with E-state index in [0.717, 1.165) is 60.6 Å². The fraction of sp³-hybridized carbons (Fsp3) is 0.364. The first-order valence-corrected chi connectivity index (χ1v) is 10.00. The lowest BCUT2D eigenvalue weighted by atomic mass is 10.2. The van der Waals surface area contributed by atoms with Gasteiger partial charge in [0.1, 0.15) is 17.5 Å². The number of piperazine rings is 1. The van der Waals surface area contributed by atoms with Crippen LogP contribution in [0.1, 0.15) is 12.8 Å². The third kappa shape index (κ3) is 3.78. The SMILES string of the molecule is Fc1ccc(-c2c[nH]c(-c3ccc(N4CCN(CC5CC5)CC4)nc3)n2)cc1. The number of aromatic nitrogens is 3. The Morgan fingerprint density at radius 1 is 0.964 bits per heavy atom. The summed E-state index contributed by atoms with van der Waals surface area (Å²) in [5, 5.41) is 0. The highest BCUT2D eigenvalue weighted by Crippen LogP contribution is 2.30. The van der Waals surface area contributed by atoms with E-state index in [0.29, 0.717) is 0 Å². The molecular weight excluding hydrogens is 353 g/mol. The van der Waals surface area contributed by atoms with Gasteiger partial charge in [-0.1, -0.05) is 0 Å². The van der Waals surface area contributed by atoms with Crippen LogP contribution in [0.5, 0.6) is 0 Å². The van der Waals surface area contributed by atoms with Gasteiger partial charge in [-0.25, -0.2) is 14.4 Å². The van der Waals surface area contributed by atoms with Crippen LogP contribution in [0.15, 0.2) is 48.8 Å². The number of imidazole rings is 1. The Morgan fingerprint density at radius 2 is 1.71 bits per heavy atom. The third-order valence-electron chi connectivity index (χ3n) is 5.65. The van der Waals surface area contributed by atoms with E-state index < -0.39 is 0 Å². The van der Waals surface area contributed by atoms with Crippen molar-refractivity contribution >= 4 is 5.82 Å². The molecule has 0 spiro atoms. The van der Waals surface area contributed by atoms with E-state index in [1.54, 1.807) is 12.1 Å². The van der Waals surface area contributed by atoms with Crippen LogP contribution in [0, 0.1) is 11.7 Å². The van der Waals surface area contributed by atoms with Crippen LogP contribution in [0.2, 0.25) is 0 Å². The molecule has 5 nitrogen and oxygen atoms in total. The summed E-state index contributed by atoms with van der Waals surface area (Å²) >= 11 is 0. The fourth-order valence-corrected chi connectivity index (χ4v) is 3.78. The van der Waals surface area contributed by atoms with Gasteiger partial charge in [-0.05, 0) is 55.2 Å². The maximum atomic E-state index is 13.1. The number of rotatable bonds is 5. The van der Waals surface area contributed by atoms with Gasteiger partial charge in [-0.2, -0.15) is 0 Å². The maximum absolute atomic E-state index is 13.1. The number of hydrogen-bond donors (Lipinski definition) is 1. The monoisotopic (exact) mass is 377 g/mol. The predicted octanol–water partition coefficient (Wildman–Crippen LogP) is 3.81. The largest absolute Gasteiger partial charge is 0.354 e. The summed E-state index contributed by atoms with van der Waals surface area (Å²) in [6.07, 6.45) is 6.55. The average molecular weight is 377 g/mol. The molecule has 28 heavy (non-hydrogen) atoms. The van der Waals surface area contributed by atoms with Crippen molar-refractivity contribution in [3.8, 4) is 22.6 Å². The number of H-pyrrole nitrogens is 1. The summed E-state index contributed by atoms with van der Waals surface area (Å²) < 4.78 is 13.1. The topological polar surface area (TPSA) is 48.1 Å². The van der Waals surface area contributed by atoms with Gasteiger partial charge >= 0.3 is 0 Å². The second-order valence-corrected chi connectivity index (χ2v) is 7.78. The van der Waals surface area contributed by atoms with Gasteiger partial charge in [0, 0.05) is 56.2 Å². The van der Waals surface area contributed by atoms with Gasteiger partial charge < -0.3 is 9.88 Å². The molecule has 0 amide bonds. The summed E-state index contributed by atoms with van der Waals surface area (Å²) in [7, 11) is 0. The van der Waals surface area contributed by atoms with Crippen LogP contribution >= 0.6 is 0 Å². The number of pyridine rings is 1. The number of halogens is 1. The van der Waals surface area contributed by atoms with E-state index in [9.17, 15) is 4.39 Å². The Labute approximate surface area is 164 Å². The fourth-order valence-electron chi connectivity index (χ4n) is 3.78. The van der Waals surface area contributed by atoms with Crippen molar-refractivity contribution in [1.82, 2.24) is 19.9 Å². The number of nitrogens with zero attached hydrogens (tertiary/aromatic N) is 4. The smallest absolute Gasteiger partial charge is 0.139 e. The quantitative estimate of drug-likeness (QED) is 0.735. The molecule has 3 aromatic rings. The zero-order valence-electron chi connectivity index (χ0n) is 15.8. The molecule has 0 bridgehead atoms. The molecule has 1 aliphatic carbocycles. The Hall–Kier alpha value is -2.73. The molecule has 1 aromatic carbocycles. The molecule has 0 atom stereocenters. The zero-order valence-corrected chi connectivity index (χ0v) is 15.8. The highest BCUT2D eigenvalue weighted by molar-refractivity contribution is 5.64. The van der Waals surface area contributed by atoms with E-state index in [2.05, 4.69) is 36.9 Å². The zero-order chi connectivity index (χ0) is 18.9. The van der Waals surface area contributed by atoms with Crippen molar-refractivity contribution in [2.45, 2.75) is 12.8 Å². The molecule has 1 saturated carbocycles. The normalized spacial score (nSPS) is 17.8. The molecule has 1 aliphatic heterocycles. The van der Waals surface area contributed by atoms with Crippen molar-refractivity contribution < 1.29 is 4.39 Å². The van der Waals surface area contributed by atoms with Crippen molar-refractivity contribution in [2.24, 2.45) is 5.92 Å². The highest BCUT2D eigenvalue weighted by atomic mass is 19.1. The van der Waals surface area contributed by atoms with Crippen molar-refractivity contribution in [2.75, 3.05) is 37.6 Å². The molecule has 6 heteroatoms. The van der Waals surface area contributed by atoms with E-state index in [-0.39, 0.29) is 5.82 Å². The highest BCUT2D eigenvalue weighted by Gasteiger charge is 2.26. The molecule has 1 saturated heterocycles. The molecule has 3 heterocycles. The first-order chi connectivity index (χ1) is 13.7. The Bertz CT molecular complexity index is 922. The lowest BCUT2D eigenvalue weighted by Gasteiger charge is -2.35. The summed E-state index contributed by atoms with van der Waals surface area (Å²) in [6, 6.07) is 10.5. The molecule has 2 fully saturated rings. The number of aromatic amines is 1. The summed E-state index contributed by atoms with van der Waals surface area (Å²) in [4.78, 5) is 17.4. The predicted molar refractivity (Wildman–Crippen MR) is 109 cm³/mol. The first-order valence-electron chi connectivity index (χ1n) is 10.00. The number of hydrogen-bond acceptors (Lipinski definition) is 4. The standard InChI is InChI=1S/C22H24FN5/c23-19-6-3-17(4-7-19)20-14-25-22(26-20)18-5-8-21(24-13-18)28-11-9-27(10-12-28)15-16-1-2-16/h3-8,13-14,16H,1-2,9-12,15H2,(H,25,26). The number of anilines is 1. The molecule has 2 aliphatic rings. The summed E-state index contributed by atoms with van der Waals surface area (Å²) in [6.45, 7) is 5.59. The molecule has 0 unspecified atom stereocenters. The minimum absolute atomic E-state index is 0.243. The molecule has 144 valence electrons. The van der Waals surface area contributed by atoms with E-state index in [4.69, 9.17) is 0 Å². The van der Waals surface area contributed by atoms with Crippen molar-refractivity contribution in [1.29, 1.82) is 0 Å². The lowest BCUT2D eigenvalue weighted by molar-refractivity contribution is 0.247. The van der Waals surface area contributed by atoms with Crippen LogP contribution in [0.3, 0.4) is 0 Å². The van der Waals surface area contributed by atoms with Gasteiger partial charge in [0.2, 0.25) is 0 Å². The molecular formula is C22H24FN5. The molecule has 0 radical (unpaired) electrons. The Morgan fingerprint density at radius 3 is 2.39 bits per heavy atom. The van der Waals surface area contributed by atoms with Crippen LogP contribution < -0.4 is 4.90 Å². The van der Waals surface area contributed by atoms with Crippen LogP contribution in [-0.2, 0) is 0 Å². The van der Waals surface area contributed by atoms with E-state index in [1.165, 1.54) is 31.5 Å². The van der Waals surface area contributed by atoms with Crippen molar-refractivity contribution in [3.05, 3.63) is 54.6 Å². The van der Waals surface area contributed by atoms with Gasteiger partial charge in [-0.3, -0.25) is 4.90 Å². The van der Waals surface area contributed by atoms with Crippen LogP contribution in [-0.4, -0.2) is 52.6 Å². The van der Waals surface area contributed by atoms with Crippen LogP contribution in [0.4, 0.5) is 10.2 Å². The molecule has 1 N–H and O–H groups in total. The average Bonchev–Trinajstić information content (AvgIpc) is 3.41. The molecule has 2 aromatic heterocycles. The molecule has 5 rings (SSSR count). The van der Waals surface area contributed by atoms with Gasteiger partial charge in [-0.15, -0.1) is 0 Å². The van der Waals surface area contributed by atoms with Crippen molar-refractivity contribution in [3.63, 3.8) is 0 Å². The number of nitrogens with one attached hydrogen (secondary N) is 1.